The van der Waals surface area contributed by atoms with Gasteiger partial charge < -0.3 is 16.0 Å². The van der Waals surface area contributed by atoms with E-state index in [1.165, 1.54) is 0 Å². The van der Waals surface area contributed by atoms with Crippen LogP contribution in [0.2, 0.25) is 0 Å². The summed E-state index contributed by atoms with van der Waals surface area (Å²) in [5.74, 6) is -0.0325. The van der Waals surface area contributed by atoms with Crippen LogP contribution >= 0.6 is 0 Å². The largest absolute Gasteiger partial charge is 0.353 e. The van der Waals surface area contributed by atoms with E-state index >= 15 is 0 Å². The number of carbonyl (C=O) groups excluding carboxylic acids is 1. The van der Waals surface area contributed by atoms with E-state index in [0.717, 1.165) is 25.8 Å². The molecule has 0 aromatic rings. The lowest BCUT2D eigenvalue weighted by Crippen LogP contribution is -2.43. The van der Waals surface area contributed by atoms with Crippen LogP contribution in [0.4, 0.5) is 0 Å². The zero-order valence-electron chi connectivity index (χ0n) is 10.4. The minimum absolute atomic E-state index is 0.0325. The molecule has 0 aliphatic heterocycles. The fraction of sp³-hybridized carbons (Fsp3) is 0.909. The summed E-state index contributed by atoms with van der Waals surface area (Å²) >= 11 is 0. The molecule has 4 heteroatoms. The third-order valence-corrected chi connectivity index (χ3v) is 2.14. The van der Waals surface area contributed by atoms with Crippen LogP contribution in [0.3, 0.4) is 0 Å². The first kappa shape index (κ1) is 14.4. The molecule has 1 amide bonds. The second kappa shape index (κ2) is 7.65. The van der Waals surface area contributed by atoms with Gasteiger partial charge in [0.1, 0.15) is 0 Å². The first-order chi connectivity index (χ1) is 6.93. The molecule has 0 spiro atoms. The van der Waals surface area contributed by atoms with Gasteiger partial charge in [0.25, 0.3) is 0 Å². The van der Waals surface area contributed by atoms with Gasteiger partial charge in [0.15, 0.2) is 0 Å². The third kappa shape index (κ3) is 8.39. The number of rotatable bonds is 7. The Morgan fingerprint density at radius 2 is 1.93 bits per heavy atom. The first-order valence-corrected chi connectivity index (χ1v) is 5.64. The zero-order chi connectivity index (χ0) is 11.8. The maximum atomic E-state index is 11.4. The quantitative estimate of drug-likeness (QED) is 0.610. The summed E-state index contributed by atoms with van der Waals surface area (Å²) in [6.45, 7) is 4.94. The number of carbonyl (C=O) groups is 1. The summed E-state index contributed by atoms with van der Waals surface area (Å²) < 4.78 is 0. The van der Waals surface area contributed by atoms with Crippen LogP contribution in [0.25, 0.3) is 0 Å². The van der Waals surface area contributed by atoms with Crippen LogP contribution in [0.1, 0.15) is 33.1 Å². The molecule has 0 heterocycles. The Morgan fingerprint density at radius 3 is 2.40 bits per heavy atom. The smallest absolute Gasteiger partial charge is 0.237 e. The van der Waals surface area contributed by atoms with Gasteiger partial charge in [0, 0.05) is 6.04 Å². The summed E-state index contributed by atoms with van der Waals surface area (Å²) in [7, 11) is 4.09. The number of hydrogen-bond donors (Lipinski definition) is 2. The summed E-state index contributed by atoms with van der Waals surface area (Å²) in [5.41, 5.74) is 5.76. The monoisotopic (exact) mass is 215 g/mol. The molecule has 3 N–H and O–H groups in total. The van der Waals surface area contributed by atoms with Gasteiger partial charge in [-0.15, -0.1) is 0 Å². The molecule has 0 radical (unpaired) electrons. The first-order valence-electron chi connectivity index (χ1n) is 5.64. The van der Waals surface area contributed by atoms with Crippen molar-refractivity contribution in [2.24, 2.45) is 5.73 Å². The maximum absolute atomic E-state index is 11.4. The summed E-state index contributed by atoms with van der Waals surface area (Å²) in [6.07, 6.45) is 2.87. The van der Waals surface area contributed by atoms with Gasteiger partial charge in [0.2, 0.25) is 5.91 Å². The van der Waals surface area contributed by atoms with Crippen molar-refractivity contribution in [3.63, 3.8) is 0 Å². The summed E-state index contributed by atoms with van der Waals surface area (Å²) in [4.78, 5) is 13.6. The maximum Gasteiger partial charge on any atom is 0.237 e. The number of amides is 1. The minimum atomic E-state index is -0.352. The Labute approximate surface area is 93.2 Å². The number of nitrogens with zero attached hydrogens (tertiary/aromatic N) is 1. The molecule has 0 aromatic carbocycles. The van der Waals surface area contributed by atoms with E-state index in [1.807, 2.05) is 27.9 Å². The van der Waals surface area contributed by atoms with Crippen molar-refractivity contribution in [1.82, 2.24) is 10.2 Å². The SMILES string of the molecule is CC(C)NC(=O)C(N)CCCCN(C)C. The fourth-order valence-electron chi connectivity index (χ4n) is 1.31. The normalized spacial score (nSPS) is 13.3. The van der Waals surface area contributed by atoms with Crippen molar-refractivity contribution in [2.45, 2.75) is 45.2 Å². The third-order valence-electron chi connectivity index (χ3n) is 2.14. The lowest BCUT2D eigenvalue weighted by atomic mass is 10.1. The molecule has 0 aliphatic rings. The molecular formula is C11H25N3O. The van der Waals surface area contributed by atoms with E-state index < -0.39 is 0 Å². The lowest BCUT2D eigenvalue weighted by molar-refractivity contribution is -0.123. The van der Waals surface area contributed by atoms with Gasteiger partial charge in [-0.25, -0.2) is 0 Å². The molecule has 1 atom stereocenters. The molecule has 15 heavy (non-hydrogen) atoms. The van der Waals surface area contributed by atoms with Crippen LogP contribution in [-0.2, 0) is 4.79 Å². The molecule has 4 nitrogen and oxygen atoms in total. The van der Waals surface area contributed by atoms with Crippen LogP contribution in [0.15, 0.2) is 0 Å². The van der Waals surface area contributed by atoms with E-state index in [2.05, 4.69) is 10.2 Å². The Morgan fingerprint density at radius 1 is 1.33 bits per heavy atom. The molecule has 0 fully saturated rings. The number of nitrogens with one attached hydrogen (secondary N) is 1. The topological polar surface area (TPSA) is 58.4 Å². The van der Waals surface area contributed by atoms with Gasteiger partial charge in [-0.05, 0) is 47.3 Å². The predicted octanol–water partition coefficient (Wildman–Crippen LogP) is 0.570. The van der Waals surface area contributed by atoms with E-state index in [-0.39, 0.29) is 18.0 Å². The summed E-state index contributed by atoms with van der Waals surface area (Å²) in [5, 5.41) is 2.82. The van der Waals surface area contributed by atoms with Crippen molar-refractivity contribution in [2.75, 3.05) is 20.6 Å². The highest BCUT2D eigenvalue weighted by molar-refractivity contribution is 5.81. The number of hydrogen-bond acceptors (Lipinski definition) is 3. The molecule has 0 aromatic heterocycles. The molecule has 0 bridgehead atoms. The van der Waals surface area contributed by atoms with Crippen LogP contribution < -0.4 is 11.1 Å². The predicted molar refractivity (Wildman–Crippen MR) is 63.7 cm³/mol. The van der Waals surface area contributed by atoms with Crippen molar-refractivity contribution in [1.29, 1.82) is 0 Å². The Balaban J connectivity index is 3.55. The number of unbranched alkanes of at least 4 members (excludes halogenated alkanes) is 1. The second-order valence-electron chi connectivity index (χ2n) is 4.57. The average molecular weight is 215 g/mol. The van der Waals surface area contributed by atoms with Gasteiger partial charge in [-0.3, -0.25) is 4.79 Å². The molecule has 0 rings (SSSR count). The summed E-state index contributed by atoms with van der Waals surface area (Å²) in [6, 6.07) is -0.181. The van der Waals surface area contributed by atoms with Gasteiger partial charge in [-0.2, -0.15) is 0 Å². The Bertz CT molecular complexity index is 181. The van der Waals surface area contributed by atoms with Crippen LogP contribution in [0, 0.1) is 0 Å². The minimum Gasteiger partial charge on any atom is -0.353 e. The molecule has 1 unspecified atom stereocenters. The van der Waals surface area contributed by atoms with Crippen molar-refractivity contribution in [3.05, 3.63) is 0 Å². The van der Waals surface area contributed by atoms with Crippen molar-refractivity contribution >= 4 is 5.91 Å². The molecular weight excluding hydrogens is 190 g/mol. The van der Waals surface area contributed by atoms with Gasteiger partial charge in [-0.1, -0.05) is 6.42 Å². The molecule has 0 aliphatic carbocycles. The van der Waals surface area contributed by atoms with Gasteiger partial charge in [0.05, 0.1) is 6.04 Å². The van der Waals surface area contributed by atoms with Crippen LogP contribution in [0.5, 0.6) is 0 Å². The molecule has 0 saturated heterocycles. The Kier molecular flexibility index (Phi) is 7.34. The highest BCUT2D eigenvalue weighted by Crippen LogP contribution is 2.00. The second-order valence-corrected chi connectivity index (χ2v) is 4.57. The van der Waals surface area contributed by atoms with Crippen molar-refractivity contribution in [3.8, 4) is 0 Å². The van der Waals surface area contributed by atoms with E-state index in [9.17, 15) is 4.79 Å². The Hall–Kier alpha value is -0.610. The molecule has 0 saturated carbocycles. The zero-order valence-corrected chi connectivity index (χ0v) is 10.4. The van der Waals surface area contributed by atoms with E-state index in [0.29, 0.717) is 0 Å². The molecule has 90 valence electrons. The number of nitrogens with two attached hydrogens (primary N) is 1. The van der Waals surface area contributed by atoms with E-state index in [1.54, 1.807) is 0 Å². The van der Waals surface area contributed by atoms with Gasteiger partial charge >= 0.3 is 0 Å². The lowest BCUT2D eigenvalue weighted by Gasteiger charge is -2.15. The highest BCUT2D eigenvalue weighted by Gasteiger charge is 2.13. The fourth-order valence-corrected chi connectivity index (χ4v) is 1.31. The van der Waals surface area contributed by atoms with Crippen LogP contribution in [-0.4, -0.2) is 43.5 Å². The standard InChI is InChI=1S/C11H25N3O/c1-9(2)13-11(15)10(12)7-5-6-8-14(3)4/h9-10H,5-8,12H2,1-4H3,(H,13,15). The average Bonchev–Trinajstić information content (AvgIpc) is 2.10. The highest BCUT2D eigenvalue weighted by atomic mass is 16.2. The van der Waals surface area contributed by atoms with Crippen molar-refractivity contribution < 1.29 is 4.79 Å². The van der Waals surface area contributed by atoms with E-state index in [4.69, 9.17) is 5.73 Å².